The quantitative estimate of drug-likeness (QED) is 0.936. The Bertz CT molecular complexity index is 650. The number of benzene rings is 1. The highest BCUT2D eigenvalue weighted by Crippen LogP contribution is 2.39. The van der Waals surface area contributed by atoms with Gasteiger partial charge in [-0.25, -0.2) is 0 Å². The molecule has 0 bridgehead atoms. The van der Waals surface area contributed by atoms with E-state index in [1.165, 1.54) is 17.7 Å². The van der Waals surface area contributed by atoms with E-state index in [0.29, 0.717) is 11.6 Å². The Labute approximate surface area is 123 Å². The lowest BCUT2D eigenvalue weighted by Crippen LogP contribution is -2.21. The molecule has 1 aromatic carbocycles. The highest BCUT2D eigenvalue weighted by atomic mass is 32.1. The number of ether oxygens (including phenoxy) is 1. The highest BCUT2D eigenvalue weighted by Gasteiger charge is 2.17. The molecular formula is C16H18N2OS. The van der Waals surface area contributed by atoms with Crippen LogP contribution in [0.3, 0.4) is 0 Å². The SMILES string of the molecule is COc1c(CC[C@@H]2CCCN2)sc2cc(C#N)ccc12. The van der Waals surface area contributed by atoms with E-state index in [9.17, 15) is 0 Å². The lowest BCUT2D eigenvalue weighted by atomic mass is 10.1. The number of hydrogen-bond donors (Lipinski definition) is 1. The molecule has 1 saturated heterocycles. The zero-order chi connectivity index (χ0) is 13.9. The number of methoxy groups -OCH3 is 1. The molecule has 0 spiro atoms. The smallest absolute Gasteiger partial charge is 0.140 e. The lowest BCUT2D eigenvalue weighted by Gasteiger charge is -2.09. The van der Waals surface area contributed by atoms with Crippen LogP contribution in [0.5, 0.6) is 5.75 Å². The van der Waals surface area contributed by atoms with Gasteiger partial charge in [0.25, 0.3) is 0 Å². The minimum Gasteiger partial charge on any atom is -0.495 e. The van der Waals surface area contributed by atoms with Crippen molar-refractivity contribution in [3.05, 3.63) is 28.6 Å². The van der Waals surface area contributed by atoms with Gasteiger partial charge in [-0.15, -0.1) is 11.3 Å². The van der Waals surface area contributed by atoms with Crippen LogP contribution in [0, 0.1) is 11.3 Å². The zero-order valence-corrected chi connectivity index (χ0v) is 12.4. The predicted octanol–water partition coefficient (Wildman–Crippen LogP) is 3.47. The highest BCUT2D eigenvalue weighted by molar-refractivity contribution is 7.19. The lowest BCUT2D eigenvalue weighted by molar-refractivity contribution is 0.415. The van der Waals surface area contributed by atoms with Crippen molar-refractivity contribution < 1.29 is 4.74 Å². The summed E-state index contributed by atoms with van der Waals surface area (Å²) in [4.78, 5) is 1.30. The van der Waals surface area contributed by atoms with E-state index in [0.717, 1.165) is 35.2 Å². The van der Waals surface area contributed by atoms with Crippen LogP contribution >= 0.6 is 11.3 Å². The Morgan fingerprint density at radius 1 is 1.50 bits per heavy atom. The molecule has 2 heterocycles. The summed E-state index contributed by atoms with van der Waals surface area (Å²) < 4.78 is 6.74. The second-order valence-electron chi connectivity index (χ2n) is 5.21. The normalized spacial score (nSPS) is 18.3. The number of hydrogen-bond acceptors (Lipinski definition) is 4. The fourth-order valence-electron chi connectivity index (χ4n) is 2.89. The molecule has 104 valence electrons. The van der Waals surface area contributed by atoms with Gasteiger partial charge < -0.3 is 10.1 Å². The van der Waals surface area contributed by atoms with Crippen LogP contribution in [0.4, 0.5) is 0 Å². The van der Waals surface area contributed by atoms with Gasteiger partial charge in [0.1, 0.15) is 5.75 Å². The van der Waals surface area contributed by atoms with Gasteiger partial charge in [0.05, 0.1) is 18.7 Å². The molecule has 3 nitrogen and oxygen atoms in total. The van der Waals surface area contributed by atoms with Crippen molar-refractivity contribution in [2.24, 2.45) is 0 Å². The van der Waals surface area contributed by atoms with Crippen molar-refractivity contribution in [3.8, 4) is 11.8 Å². The van der Waals surface area contributed by atoms with Crippen LogP contribution in [-0.2, 0) is 6.42 Å². The maximum Gasteiger partial charge on any atom is 0.140 e. The van der Waals surface area contributed by atoms with Crippen LogP contribution in [-0.4, -0.2) is 19.7 Å². The number of nitrogens with one attached hydrogen (secondary N) is 1. The Balaban J connectivity index is 1.87. The summed E-state index contributed by atoms with van der Waals surface area (Å²) in [6.07, 6.45) is 4.78. The van der Waals surface area contributed by atoms with Gasteiger partial charge in [0.2, 0.25) is 0 Å². The number of nitriles is 1. The van der Waals surface area contributed by atoms with Crippen LogP contribution in [0.15, 0.2) is 18.2 Å². The average Bonchev–Trinajstić information content (AvgIpc) is 3.10. The summed E-state index contributed by atoms with van der Waals surface area (Å²) in [5.41, 5.74) is 0.713. The maximum absolute atomic E-state index is 8.99. The van der Waals surface area contributed by atoms with Gasteiger partial charge in [0.15, 0.2) is 0 Å². The third kappa shape index (κ3) is 2.52. The number of aryl methyl sites for hydroxylation is 1. The monoisotopic (exact) mass is 286 g/mol. The average molecular weight is 286 g/mol. The third-order valence-corrected chi connectivity index (χ3v) is 5.12. The Hall–Kier alpha value is -1.57. The second-order valence-corrected chi connectivity index (χ2v) is 6.35. The number of thiophene rings is 1. The molecule has 1 N–H and O–H groups in total. The first-order valence-electron chi connectivity index (χ1n) is 7.04. The molecule has 0 unspecified atom stereocenters. The number of nitrogens with zero attached hydrogens (tertiary/aromatic N) is 1. The van der Waals surface area contributed by atoms with Crippen molar-refractivity contribution in [1.29, 1.82) is 5.26 Å². The van der Waals surface area contributed by atoms with Crippen LogP contribution in [0.25, 0.3) is 10.1 Å². The summed E-state index contributed by atoms with van der Waals surface area (Å²) in [6.45, 7) is 1.15. The molecular weight excluding hydrogens is 268 g/mol. The summed E-state index contributed by atoms with van der Waals surface area (Å²) >= 11 is 1.76. The van der Waals surface area contributed by atoms with Gasteiger partial charge in [-0.05, 0) is 50.4 Å². The first kappa shape index (κ1) is 13.4. The molecule has 1 fully saturated rings. The zero-order valence-electron chi connectivity index (χ0n) is 11.6. The molecule has 20 heavy (non-hydrogen) atoms. The minimum absolute atomic E-state index is 0.652. The summed E-state index contributed by atoms with van der Waals surface area (Å²) in [5.74, 6) is 0.993. The van der Waals surface area contributed by atoms with Crippen molar-refractivity contribution in [3.63, 3.8) is 0 Å². The standard InChI is InChI=1S/C16H18N2OS/c1-19-16-13-6-4-11(10-17)9-15(13)20-14(16)7-5-12-3-2-8-18-12/h4,6,9,12,18H,2-3,5,7-8H2,1H3/t12-/m0/s1. The first-order valence-corrected chi connectivity index (χ1v) is 7.86. The van der Waals surface area contributed by atoms with Crippen molar-refractivity contribution in [2.75, 3.05) is 13.7 Å². The minimum atomic E-state index is 0.652. The molecule has 2 aromatic rings. The Kier molecular flexibility index (Phi) is 3.90. The van der Waals surface area contributed by atoms with Gasteiger partial charge in [-0.2, -0.15) is 5.26 Å². The van der Waals surface area contributed by atoms with Crippen LogP contribution < -0.4 is 10.1 Å². The van der Waals surface area contributed by atoms with Gasteiger partial charge >= 0.3 is 0 Å². The predicted molar refractivity (Wildman–Crippen MR) is 82.4 cm³/mol. The largest absolute Gasteiger partial charge is 0.495 e. The molecule has 0 radical (unpaired) electrons. The molecule has 0 amide bonds. The summed E-state index contributed by atoms with van der Waals surface area (Å²) in [6, 6.07) is 8.67. The van der Waals surface area contributed by atoms with E-state index in [4.69, 9.17) is 10.00 Å². The molecule has 1 aliphatic heterocycles. The van der Waals surface area contributed by atoms with Crippen molar-refractivity contribution >= 4 is 21.4 Å². The Morgan fingerprint density at radius 3 is 3.10 bits per heavy atom. The topological polar surface area (TPSA) is 45.0 Å². The second kappa shape index (κ2) is 5.82. The van der Waals surface area contributed by atoms with E-state index in [2.05, 4.69) is 11.4 Å². The molecule has 0 saturated carbocycles. The molecule has 1 atom stereocenters. The van der Waals surface area contributed by atoms with Crippen molar-refractivity contribution in [1.82, 2.24) is 5.32 Å². The van der Waals surface area contributed by atoms with E-state index in [-0.39, 0.29) is 0 Å². The molecule has 4 heteroatoms. The van der Waals surface area contributed by atoms with Gasteiger partial charge in [0, 0.05) is 21.0 Å². The summed E-state index contributed by atoms with van der Waals surface area (Å²) in [5, 5.41) is 13.7. The molecule has 1 aromatic heterocycles. The van der Waals surface area contributed by atoms with Gasteiger partial charge in [-0.1, -0.05) is 0 Å². The van der Waals surface area contributed by atoms with Gasteiger partial charge in [-0.3, -0.25) is 0 Å². The Morgan fingerprint density at radius 2 is 2.40 bits per heavy atom. The number of rotatable bonds is 4. The summed E-state index contributed by atoms with van der Waals surface area (Å²) in [7, 11) is 1.73. The van der Waals surface area contributed by atoms with E-state index in [1.807, 2.05) is 18.2 Å². The van der Waals surface area contributed by atoms with Crippen LogP contribution in [0.2, 0.25) is 0 Å². The van der Waals surface area contributed by atoms with Crippen LogP contribution in [0.1, 0.15) is 29.7 Å². The molecule has 1 aliphatic rings. The molecule has 0 aliphatic carbocycles. The van der Waals surface area contributed by atoms with E-state index < -0.39 is 0 Å². The van der Waals surface area contributed by atoms with Crippen molar-refractivity contribution in [2.45, 2.75) is 31.7 Å². The third-order valence-electron chi connectivity index (χ3n) is 3.93. The fraction of sp³-hybridized carbons (Fsp3) is 0.438. The van der Waals surface area contributed by atoms with E-state index >= 15 is 0 Å². The fourth-order valence-corrected chi connectivity index (χ4v) is 4.12. The first-order chi connectivity index (χ1) is 9.81. The van der Waals surface area contributed by atoms with E-state index in [1.54, 1.807) is 18.4 Å². The molecule has 3 rings (SSSR count). The number of fused-ring (bicyclic) bond motifs is 1. The maximum atomic E-state index is 8.99.